The summed E-state index contributed by atoms with van der Waals surface area (Å²) in [4.78, 5) is 0. The molecule has 3 nitrogen and oxygen atoms in total. The minimum absolute atomic E-state index is 0.456. The molecule has 1 fully saturated rings. The Morgan fingerprint density at radius 2 is 1.86 bits per heavy atom. The molecule has 0 radical (unpaired) electrons. The van der Waals surface area contributed by atoms with Gasteiger partial charge in [-0.25, -0.2) is 0 Å². The zero-order chi connectivity index (χ0) is 15.2. The molecule has 1 atom stereocenters. The Morgan fingerprint density at radius 3 is 2.48 bits per heavy atom. The van der Waals surface area contributed by atoms with Crippen LogP contribution in [0.25, 0.3) is 0 Å². The van der Waals surface area contributed by atoms with Gasteiger partial charge in [0.05, 0.1) is 11.4 Å². The average Bonchev–Trinajstić information content (AvgIpc) is 2.51. The molecule has 1 aliphatic carbocycles. The third kappa shape index (κ3) is 4.26. The maximum Gasteiger partial charge on any atom is 0.0648 e. The number of rotatable bonds is 6. The van der Waals surface area contributed by atoms with Crippen molar-refractivity contribution < 1.29 is 0 Å². The number of hydrogen-bond acceptors (Lipinski definition) is 3. The van der Waals surface area contributed by atoms with E-state index in [1.165, 1.54) is 44.1 Å². The summed E-state index contributed by atoms with van der Waals surface area (Å²) in [6.07, 6.45) is 8.00. The van der Waals surface area contributed by atoms with E-state index in [2.05, 4.69) is 42.4 Å². The Kier molecular flexibility index (Phi) is 6.16. The van der Waals surface area contributed by atoms with Gasteiger partial charge >= 0.3 is 0 Å². The molecule has 0 aromatic carbocycles. The number of aryl methyl sites for hydroxylation is 2. The van der Waals surface area contributed by atoms with Crippen LogP contribution in [0.4, 0.5) is 0 Å². The monoisotopic (exact) mass is 289 g/mol. The zero-order valence-corrected chi connectivity index (χ0v) is 14.2. The quantitative estimate of drug-likeness (QED) is 0.846. The van der Waals surface area contributed by atoms with E-state index in [-0.39, 0.29) is 0 Å². The molecule has 1 saturated carbocycles. The van der Waals surface area contributed by atoms with E-state index >= 15 is 0 Å². The third-order valence-electron chi connectivity index (χ3n) is 5.03. The van der Waals surface area contributed by atoms with Crippen molar-refractivity contribution in [3.63, 3.8) is 0 Å². The SMILES string of the molecule is CCCNC(c1cc(C)nnc1C)C1CCC(CC)CC1. The summed E-state index contributed by atoms with van der Waals surface area (Å²) < 4.78 is 0. The maximum atomic E-state index is 4.34. The molecule has 0 aliphatic heterocycles. The second-order valence-corrected chi connectivity index (χ2v) is 6.65. The average molecular weight is 289 g/mol. The van der Waals surface area contributed by atoms with Gasteiger partial charge in [0, 0.05) is 6.04 Å². The second-order valence-electron chi connectivity index (χ2n) is 6.65. The van der Waals surface area contributed by atoms with Crippen molar-refractivity contribution in [3.8, 4) is 0 Å². The fraction of sp³-hybridized carbons (Fsp3) is 0.778. The largest absolute Gasteiger partial charge is 0.310 e. The van der Waals surface area contributed by atoms with Gasteiger partial charge < -0.3 is 5.32 Å². The molecule has 0 bridgehead atoms. The molecule has 0 saturated heterocycles. The summed E-state index contributed by atoms with van der Waals surface area (Å²) in [6.45, 7) is 9.79. The van der Waals surface area contributed by atoms with E-state index < -0.39 is 0 Å². The fourth-order valence-electron chi connectivity index (χ4n) is 3.64. The summed E-state index contributed by atoms with van der Waals surface area (Å²) in [5.74, 6) is 1.70. The molecular formula is C18H31N3. The van der Waals surface area contributed by atoms with Crippen molar-refractivity contribution in [3.05, 3.63) is 23.0 Å². The molecule has 0 spiro atoms. The van der Waals surface area contributed by atoms with E-state index in [4.69, 9.17) is 0 Å². The second kappa shape index (κ2) is 7.88. The van der Waals surface area contributed by atoms with Crippen LogP contribution in [0.3, 0.4) is 0 Å². The first-order valence-corrected chi connectivity index (χ1v) is 8.69. The normalized spacial score (nSPS) is 24.0. The maximum absolute atomic E-state index is 4.34. The highest BCUT2D eigenvalue weighted by atomic mass is 15.1. The lowest BCUT2D eigenvalue weighted by Gasteiger charge is -2.35. The van der Waals surface area contributed by atoms with Gasteiger partial charge in [-0.3, -0.25) is 0 Å². The van der Waals surface area contributed by atoms with E-state index in [0.29, 0.717) is 6.04 Å². The lowest BCUT2D eigenvalue weighted by atomic mass is 9.75. The fourth-order valence-corrected chi connectivity index (χ4v) is 3.64. The van der Waals surface area contributed by atoms with Crippen LogP contribution in [0.5, 0.6) is 0 Å². The molecule has 1 aliphatic rings. The van der Waals surface area contributed by atoms with Gasteiger partial charge in [0.25, 0.3) is 0 Å². The van der Waals surface area contributed by atoms with Crippen LogP contribution < -0.4 is 5.32 Å². The smallest absolute Gasteiger partial charge is 0.0648 e. The first-order valence-electron chi connectivity index (χ1n) is 8.69. The molecule has 1 N–H and O–H groups in total. The van der Waals surface area contributed by atoms with Gasteiger partial charge in [0.1, 0.15) is 0 Å². The Morgan fingerprint density at radius 1 is 1.14 bits per heavy atom. The molecule has 3 heteroatoms. The van der Waals surface area contributed by atoms with Gasteiger partial charge in [0.15, 0.2) is 0 Å². The number of hydrogen-bond donors (Lipinski definition) is 1. The lowest BCUT2D eigenvalue weighted by Crippen LogP contribution is -2.32. The zero-order valence-electron chi connectivity index (χ0n) is 14.2. The molecule has 1 aromatic rings. The molecule has 21 heavy (non-hydrogen) atoms. The van der Waals surface area contributed by atoms with Crippen molar-refractivity contribution in [1.29, 1.82) is 0 Å². The molecular weight excluding hydrogens is 258 g/mol. The molecule has 2 rings (SSSR count). The summed E-state index contributed by atoms with van der Waals surface area (Å²) >= 11 is 0. The predicted octanol–water partition coefficient (Wildman–Crippen LogP) is 4.35. The Bertz CT molecular complexity index is 436. The third-order valence-corrected chi connectivity index (χ3v) is 5.03. The molecule has 0 amide bonds. The summed E-state index contributed by atoms with van der Waals surface area (Å²) in [5, 5.41) is 12.3. The summed E-state index contributed by atoms with van der Waals surface area (Å²) in [5.41, 5.74) is 3.49. The van der Waals surface area contributed by atoms with Crippen molar-refractivity contribution in [1.82, 2.24) is 15.5 Å². The first kappa shape index (κ1) is 16.4. The Hall–Kier alpha value is -0.960. The van der Waals surface area contributed by atoms with Gasteiger partial charge in [0.2, 0.25) is 0 Å². The van der Waals surface area contributed by atoms with Gasteiger partial charge in [-0.2, -0.15) is 10.2 Å². The van der Waals surface area contributed by atoms with Crippen LogP contribution in [0, 0.1) is 25.7 Å². The van der Waals surface area contributed by atoms with E-state index in [9.17, 15) is 0 Å². The Balaban J connectivity index is 2.16. The van der Waals surface area contributed by atoms with Crippen molar-refractivity contribution >= 4 is 0 Å². The predicted molar refractivity (Wildman–Crippen MR) is 88.3 cm³/mol. The lowest BCUT2D eigenvalue weighted by molar-refractivity contribution is 0.218. The topological polar surface area (TPSA) is 37.8 Å². The standard InChI is InChI=1S/C18H31N3/c1-5-11-19-18(16-9-7-15(6-2)8-10-16)17-12-13(3)20-21-14(17)4/h12,15-16,18-19H,5-11H2,1-4H3. The highest BCUT2D eigenvalue weighted by Gasteiger charge is 2.29. The van der Waals surface area contributed by atoms with Crippen LogP contribution in [-0.2, 0) is 0 Å². The molecule has 1 unspecified atom stereocenters. The highest BCUT2D eigenvalue weighted by Crippen LogP contribution is 2.38. The van der Waals surface area contributed by atoms with Crippen molar-refractivity contribution in [2.75, 3.05) is 6.54 Å². The van der Waals surface area contributed by atoms with Crippen molar-refractivity contribution in [2.45, 2.75) is 72.3 Å². The number of nitrogens with zero attached hydrogens (tertiary/aromatic N) is 2. The minimum atomic E-state index is 0.456. The van der Waals surface area contributed by atoms with Gasteiger partial charge in [-0.05, 0) is 63.1 Å². The van der Waals surface area contributed by atoms with E-state index in [1.807, 2.05) is 6.92 Å². The van der Waals surface area contributed by atoms with Crippen LogP contribution in [-0.4, -0.2) is 16.7 Å². The molecule has 1 heterocycles. The summed E-state index contributed by atoms with van der Waals surface area (Å²) in [7, 11) is 0. The van der Waals surface area contributed by atoms with Crippen LogP contribution in [0.2, 0.25) is 0 Å². The van der Waals surface area contributed by atoms with E-state index in [0.717, 1.165) is 29.8 Å². The van der Waals surface area contributed by atoms with Gasteiger partial charge in [-0.15, -0.1) is 0 Å². The highest BCUT2D eigenvalue weighted by molar-refractivity contribution is 5.24. The number of nitrogens with one attached hydrogen (secondary N) is 1. The number of aromatic nitrogens is 2. The van der Waals surface area contributed by atoms with Gasteiger partial charge in [-0.1, -0.05) is 33.1 Å². The van der Waals surface area contributed by atoms with Crippen molar-refractivity contribution in [2.24, 2.45) is 11.8 Å². The van der Waals surface area contributed by atoms with Crippen LogP contribution in [0.15, 0.2) is 6.07 Å². The molecule has 1 aromatic heterocycles. The van der Waals surface area contributed by atoms with E-state index in [1.54, 1.807) is 0 Å². The summed E-state index contributed by atoms with van der Waals surface area (Å²) in [6, 6.07) is 2.69. The van der Waals surface area contributed by atoms with Crippen LogP contribution in [0.1, 0.15) is 75.4 Å². The molecule has 118 valence electrons. The first-order chi connectivity index (χ1) is 10.2. The minimum Gasteiger partial charge on any atom is -0.310 e. The Labute approximate surface area is 129 Å². The van der Waals surface area contributed by atoms with Crippen LogP contribution >= 0.6 is 0 Å².